The Bertz CT molecular complexity index is 1440. The first-order chi connectivity index (χ1) is 17.5. The molecular formula is C26H22N2O5S3. The molecule has 1 saturated heterocycles. The first-order valence-electron chi connectivity index (χ1n) is 12.1. The summed E-state index contributed by atoms with van der Waals surface area (Å²) in [5, 5.41) is 3.17. The summed E-state index contributed by atoms with van der Waals surface area (Å²) in [5.74, 6) is -0.909. The maximum Gasteiger partial charge on any atom is 0.338 e. The van der Waals surface area contributed by atoms with E-state index in [1.165, 1.54) is 21.1 Å². The van der Waals surface area contributed by atoms with Gasteiger partial charge in [0.15, 0.2) is 0 Å². The summed E-state index contributed by atoms with van der Waals surface area (Å²) >= 11 is 4.67. The minimum atomic E-state index is -0.427. The number of amides is 2. The maximum absolute atomic E-state index is 13.8. The number of rotatable bonds is 4. The third-order valence-corrected chi connectivity index (χ3v) is 11.8. The number of anilines is 1. The second-order valence-corrected chi connectivity index (χ2v) is 12.9. The maximum atomic E-state index is 13.8. The molecule has 36 heavy (non-hydrogen) atoms. The number of carbonyl (C=O) groups is 3. The Balaban J connectivity index is 1.24. The molecule has 1 N–H and O–H groups in total. The average molecular weight is 539 g/mol. The summed E-state index contributed by atoms with van der Waals surface area (Å²) in [4.78, 5) is 58.4. The van der Waals surface area contributed by atoms with Crippen LogP contribution in [0.3, 0.4) is 0 Å². The van der Waals surface area contributed by atoms with Crippen LogP contribution in [0.1, 0.15) is 39.4 Å². The number of hydrogen-bond acceptors (Lipinski definition) is 8. The highest BCUT2D eigenvalue weighted by atomic mass is 32.2. The van der Waals surface area contributed by atoms with Crippen molar-refractivity contribution in [3.8, 4) is 0 Å². The van der Waals surface area contributed by atoms with Crippen molar-refractivity contribution < 1.29 is 19.1 Å². The third-order valence-electron chi connectivity index (χ3n) is 8.21. The number of nitrogens with zero attached hydrogens (tertiary/aromatic N) is 1. The van der Waals surface area contributed by atoms with E-state index in [0.29, 0.717) is 11.3 Å². The molecule has 3 fully saturated rings. The first kappa shape index (κ1) is 22.5. The van der Waals surface area contributed by atoms with Crippen LogP contribution in [0.15, 0.2) is 51.6 Å². The Kier molecular flexibility index (Phi) is 5.10. The number of nitrogens with one attached hydrogen (secondary N) is 1. The van der Waals surface area contributed by atoms with Gasteiger partial charge in [-0.1, -0.05) is 17.4 Å². The summed E-state index contributed by atoms with van der Waals surface area (Å²) in [6.45, 7) is 2.03. The highest BCUT2D eigenvalue weighted by Crippen LogP contribution is 2.68. The number of benzene rings is 1. The Morgan fingerprint density at radius 3 is 2.53 bits per heavy atom. The Labute approximate surface area is 218 Å². The summed E-state index contributed by atoms with van der Waals surface area (Å²) in [6.07, 6.45) is 0.867. The van der Waals surface area contributed by atoms with E-state index in [1.54, 1.807) is 54.3 Å². The molecule has 0 radical (unpaired) electrons. The molecule has 2 bridgehead atoms. The molecule has 4 aliphatic rings. The highest BCUT2D eigenvalue weighted by molar-refractivity contribution is 8.00. The molecule has 2 saturated carbocycles. The van der Waals surface area contributed by atoms with Crippen molar-refractivity contribution in [2.75, 3.05) is 11.5 Å². The van der Waals surface area contributed by atoms with Crippen molar-refractivity contribution in [2.45, 2.75) is 29.5 Å². The molecule has 2 aliphatic heterocycles. The number of carbonyl (C=O) groups excluding carboxylic acids is 3. The number of imide groups is 1. The Hall–Kier alpha value is -2.69. The lowest BCUT2D eigenvalue weighted by atomic mass is 9.69. The molecule has 10 heteroatoms. The van der Waals surface area contributed by atoms with Crippen LogP contribution in [-0.2, 0) is 14.3 Å². The summed E-state index contributed by atoms with van der Waals surface area (Å²) in [6, 6.07) is 10.7. The summed E-state index contributed by atoms with van der Waals surface area (Å²) in [7, 11) is 0. The molecule has 184 valence electrons. The molecule has 7 atom stereocenters. The molecule has 0 spiro atoms. The number of thioether (sulfide) groups is 1. The van der Waals surface area contributed by atoms with Crippen LogP contribution in [0.25, 0.3) is 0 Å². The molecule has 5 unspecified atom stereocenters. The standard InChI is InChI=1S/C26H22N2O5S3/c1-2-33-25(31)11-5-7-12(8-6-11)28-23(29)17-13-10-14(18(17)24(28)30)20-16(13)19(15-4-3-9-34-15)21-22(35-20)27-26(32)36-21/h3-9,13-14,16-20H,2,10H2,1H3,(H,27,32)/t13-,14-,16?,17?,18?,19?,20?/m1/s1. The second-order valence-electron chi connectivity index (χ2n) is 9.76. The largest absolute Gasteiger partial charge is 0.462 e. The predicted molar refractivity (Wildman–Crippen MR) is 138 cm³/mol. The van der Waals surface area contributed by atoms with Gasteiger partial charge in [0.05, 0.1) is 34.7 Å². The first-order valence-corrected chi connectivity index (χ1v) is 14.6. The van der Waals surface area contributed by atoms with Crippen molar-refractivity contribution >= 4 is 57.9 Å². The number of thiazole rings is 1. The van der Waals surface area contributed by atoms with Crippen LogP contribution in [0.2, 0.25) is 0 Å². The van der Waals surface area contributed by atoms with Crippen molar-refractivity contribution in [3.05, 3.63) is 66.8 Å². The molecule has 2 amide bonds. The number of esters is 1. The van der Waals surface area contributed by atoms with E-state index in [-0.39, 0.29) is 64.1 Å². The zero-order valence-corrected chi connectivity index (χ0v) is 21.7. The SMILES string of the molecule is CCOC(=O)c1ccc(N2C(=O)C3C(C2=O)[C@@H]2C[C@H]3C3Sc4[nH]c(=O)sc4C(c4cccs4)C32)cc1. The summed E-state index contributed by atoms with van der Waals surface area (Å²) in [5.41, 5.74) is 0.891. The van der Waals surface area contributed by atoms with Crippen molar-refractivity contribution in [3.63, 3.8) is 0 Å². The van der Waals surface area contributed by atoms with Gasteiger partial charge in [-0.3, -0.25) is 19.3 Å². The quantitative estimate of drug-likeness (QED) is 0.392. The molecule has 2 aliphatic carbocycles. The van der Waals surface area contributed by atoms with E-state index >= 15 is 0 Å². The van der Waals surface area contributed by atoms with Crippen LogP contribution >= 0.6 is 34.4 Å². The molecule has 2 aromatic heterocycles. The van der Waals surface area contributed by atoms with E-state index in [0.717, 1.165) is 16.3 Å². The van der Waals surface area contributed by atoms with Crippen LogP contribution < -0.4 is 9.77 Å². The van der Waals surface area contributed by atoms with Gasteiger partial charge in [-0.25, -0.2) is 4.79 Å². The zero-order chi connectivity index (χ0) is 24.7. The van der Waals surface area contributed by atoms with Crippen LogP contribution in [0, 0.1) is 29.6 Å². The van der Waals surface area contributed by atoms with Gasteiger partial charge < -0.3 is 9.72 Å². The number of aromatic nitrogens is 1. The normalized spacial score (nSPS) is 31.9. The molecule has 4 heterocycles. The predicted octanol–water partition coefficient (Wildman–Crippen LogP) is 4.35. The van der Waals surface area contributed by atoms with Crippen molar-refractivity contribution in [1.82, 2.24) is 4.98 Å². The summed E-state index contributed by atoms with van der Waals surface area (Å²) < 4.78 is 5.05. The minimum Gasteiger partial charge on any atom is -0.462 e. The van der Waals surface area contributed by atoms with Crippen LogP contribution in [-0.4, -0.2) is 34.6 Å². The fraction of sp³-hybridized carbons (Fsp3) is 0.385. The van der Waals surface area contributed by atoms with Gasteiger partial charge in [-0.2, -0.15) is 0 Å². The lowest BCUT2D eigenvalue weighted by molar-refractivity contribution is -0.123. The second kappa shape index (κ2) is 8.16. The monoisotopic (exact) mass is 538 g/mol. The van der Waals surface area contributed by atoms with Gasteiger partial charge in [0.1, 0.15) is 0 Å². The number of ether oxygens (including phenoxy) is 1. The van der Waals surface area contributed by atoms with Gasteiger partial charge >= 0.3 is 10.8 Å². The number of H-pyrrole nitrogens is 1. The van der Waals surface area contributed by atoms with E-state index < -0.39 is 5.97 Å². The minimum absolute atomic E-state index is 0.0498. The van der Waals surface area contributed by atoms with Crippen molar-refractivity contribution in [1.29, 1.82) is 0 Å². The number of fused-ring (bicyclic) bond motifs is 9. The van der Waals surface area contributed by atoms with E-state index in [1.807, 2.05) is 6.07 Å². The lowest BCUT2D eigenvalue weighted by Crippen LogP contribution is -2.42. The van der Waals surface area contributed by atoms with Crippen molar-refractivity contribution in [2.24, 2.45) is 29.6 Å². The number of hydrogen-bond donors (Lipinski definition) is 1. The van der Waals surface area contributed by atoms with E-state index in [4.69, 9.17) is 4.74 Å². The molecule has 3 aromatic rings. The smallest absolute Gasteiger partial charge is 0.338 e. The van der Waals surface area contributed by atoms with Gasteiger partial charge in [0.25, 0.3) is 0 Å². The Morgan fingerprint density at radius 2 is 1.83 bits per heavy atom. The third kappa shape index (κ3) is 3.04. The molecule has 1 aromatic carbocycles. The van der Waals surface area contributed by atoms with Crippen LogP contribution in [0.4, 0.5) is 5.69 Å². The van der Waals surface area contributed by atoms with Gasteiger partial charge in [0.2, 0.25) is 11.8 Å². The Morgan fingerprint density at radius 1 is 1.08 bits per heavy atom. The molecular weight excluding hydrogens is 516 g/mol. The molecule has 7 rings (SSSR count). The fourth-order valence-electron chi connectivity index (χ4n) is 7.02. The topological polar surface area (TPSA) is 96.5 Å². The van der Waals surface area contributed by atoms with E-state index in [9.17, 15) is 19.2 Å². The van der Waals surface area contributed by atoms with Gasteiger partial charge in [0, 0.05) is 20.9 Å². The van der Waals surface area contributed by atoms with Gasteiger partial charge in [-0.15, -0.1) is 23.1 Å². The number of aromatic amines is 1. The van der Waals surface area contributed by atoms with Crippen LogP contribution in [0.5, 0.6) is 0 Å². The lowest BCUT2D eigenvalue weighted by Gasteiger charge is -2.42. The number of thiophene rings is 1. The fourth-order valence-corrected chi connectivity index (χ4v) is 10.9. The zero-order valence-electron chi connectivity index (χ0n) is 19.2. The highest BCUT2D eigenvalue weighted by Gasteiger charge is 2.69. The van der Waals surface area contributed by atoms with Gasteiger partial charge in [-0.05, 0) is 66.8 Å². The average Bonchev–Trinajstić information content (AvgIpc) is 3.67. The van der Waals surface area contributed by atoms with E-state index in [2.05, 4.69) is 16.4 Å². The molecule has 7 nitrogen and oxygen atoms in total.